The predicted octanol–water partition coefficient (Wildman–Crippen LogP) is 8.10. The predicted molar refractivity (Wildman–Crippen MR) is 155 cm³/mol. The molecule has 4 aromatic carbocycles. The van der Waals surface area contributed by atoms with E-state index in [0.29, 0.717) is 16.6 Å². The summed E-state index contributed by atoms with van der Waals surface area (Å²) in [6.07, 6.45) is 0. The SMILES string of the molecule is Cc1nn(-c2ccccc2)c2c1[C@@H](c1ccc(Cl)cc1Cl)N1C(=N2)N(Cc2ccccc2)c2ccccc21. The minimum atomic E-state index is -0.235. The lowest BCUT2D eigenvalue weighted by Crippen LogP contribution is -2.43. The van der Waals surface area contributed by atoms with Crippen LogP contribution in [0.25, 0.3) is 5.69 Å². The van der Waals surface area contributed by atoms with Crippen molar-refractivity contribution in [2.24, 2.45) is 4.99 Å². The van der Waals surface area contributed by atoms with Crippen LogP contribution in [0.3, 0.4) is 0 Å². The van der Waals surface area contributed by atoms with Crippen molar-refractivity contribution in [1.82, 2.24) is 9.78 Å². The number of guanidine groups is 1. The molecule has 0 amide bonds. The summed E-state index contributed by atoms with van der Waals surface area (Å²) in [7, 11) is 0. The van der Waals surface area contributed by atoms with E-state index in [4.69, 9.17) is 33.3 Å². The Labute approximate surface area is 231 Å². The van der Waals surface area contributed by atoms with Crippen molar-refractivity contribution >= 4 is 46.4 Å². The first-order valence-electron chi connectivity index (χ1n) is 12.5. The number of nitrogens with zero attached hydrogens (tertiary/aromatic N) is 5. The van der Waals surface area contributed by atoms with Crippen LogP contribution < -0.4 is 9.80 Å². The van der Waals surface area contributed by atoms with E-state index in [1.54, 1.807) is 0 Å². The van der Waals surface area contributed by atoms with Crippen molar-refractivity contribution in [2.45, 2.75) is 19.5 Å². The van der Waals surface area contributed by atoms with Gasteiger partial charge in [0.25, 0.3) is 0 Å². The molecule has 0 N–H and O–H groups in total. The van der Waals surface area contributed by atoms with Crippen molar-refractivity contribution in [3.8, 4) is 5.69 Å². The maximum absolute atomic E-state index is 6.90. The normalized spacial score (nSPS) is 15.7. The fourth-order valence-corrected chi connectivity index (χ4v) is 5.99. The van der Waals surface area contributed by atoms with Crippen molar-refractivity contribution < 1.29 is 0 Å². The number of aryl methyl sites for hydroxylation is 1. The number of fused-ring (bicyclic) bond motifs is 4. The summed E-state index contributed by atoms with van der Waals surface area (Å²) in [5.41, 5.74) is 7.23. The van der Waals surface area contributed by atoms with E-state index in [2.05, 4.69) is 70.5 Å². The maximum atomic E-state index is 6.90. The third-order valence-electron chi connectivity index (χ3n) is 7.15. The second-order valence-electron chi connectivity index (χ2n) is 9.48. The molecule has 1 aromatic heterocycles. The lowest BCUT2D eigenvalue weighted by atomic mass is 9.95. The summed E-state index contributed by atoms with van der Waals surface area (Å²) in [4.78, 5) is 9.89. The highest BCUT2D eigenvalue weighted by molar-refractivity contribution is 6.35. The van der Waals surface area contributed by atoms with Gasteiger partial charge in [0.05, 0.1) is 35.3 Å². The molecule has 7 rings (SSSR count). The molecular weight excluding hydrogens is 513 g/mol. The summed E-state index contributed by atoms with van der Waals surface area (Å²) < 4.78 is 1.94. The van der Waals surface area contributed by atoms with Crippen LogP contribution in [0.2, 0.25) is 10.0 Å². The van der Waals surface area contributed by atoms with Crippen molar-refractivity contribution in [1.29, 1.82) is 0 Å². The number of rotatable bonds is 4. The second kappa shape index (κ2) is 9.05. The molecule has 5 nitrogen and oxygen atoms in total. The van der Waals surface area contributed by atoms with Gasteiger partial charge >= 0.3 is 0 Å². The zero-order valence-corrected chi connectivity index (χ0v) is 22.1. The molecule has 3 heterocycles. The summed E-state index contributed by atoms with van der Waals surface area (Å²) in [5.74, 6) is 1.65. The lowest BCUT2D eigenvalue weighted by Gasteiger charge is -2.35. The smallest absolute Gasteiger partial charge is 0.213 e. The summed E-state index contributed by atoms with van der Waals surface area (Å²) in [6, 6.07) is 34.5. The fraction of sp³-hybridized carbons (Fsp3) is 0.0968. The molecule has 0 bridgehead atoms. The first kappa shape index (κ1) is 23.1. The van der Waals surface area contributed by atoms with E-state index in [9.17, 15) is 0 Å². The minimum absolute atomic E-state index is 0.235. The van der Waals surface area contributed by atoms with Gasteiger partial charge in [0.1, 0.15) is 0 Å². The number of aliphatic imine (C=N–C) groups is 1. The molecule has 0 fully saturated rings. The molecule has 1 atom stereocenters. The van der Waals surface area contributed by atoms with E-state index in [0.717, 1.165) is 45.7 Å². The second-order valence-corrected chi connectivity index (χ2v) is 10.3. The molecular formula is C31H23Cl2N5. The molecule has 0 radical (unpaired) electrons. The fourth-order valence-electron chi connectivity index (χ4n) is 5.48. The topological polar surface area (TPSA) is 36.7 Å². The summed E-state index contributed by atoms with van der Waals surface area (Å²) >= 11 is 13.2. The molecule has 2 aliphatic rings. The first-order chi connectivity index (χ1) is 18.6. The van der Waals surface area contributed by atoms with Gasteiger partial charge in [-0.1, -0.05) is 89.9 Å². The molecule has 7 heteroatoms. The lowest BCUT2D eigenvalue weighted by molar-refractivity contribution is 0.811. The monoisotopic (exact) mass is 535 g/mol. The van der Waals surface area contributed by atoms with E-state index in [1.807, 2.05) is 54.1 Å². The van der Waals surface area contributed by atoms with Gasteiger partial charge in [0, 0.05) is 15.6 Å². The van der Waals surface area contributed by atoms with Gasteiger partial charge < -0.3 is 4.90 Å². The third-order valence-corrected chi connectivity index (χ3v) is 7.71. The first-order valence-corrected chi connectivity index (χ1v) is 13.2. The number of hydrogen-bond acceptors (Lipinski definition) is 4. The number of para-hydroxylation sites is 3. The number of aromatic nitrogens is 2. The molecule has 0 spiro atoms. The molecule has 0 unspecified atom stereocenters. The van der Waals surface area contributed by atoms with Gasteiger partial charge in [-0.15, -0.1) is 0 Å². The number of halogens is 2. The Morgan fingerprint density at radius 3 is 2.21 bits per heavy atom. The van der Waals surface area contributed by atoms with Gasteiger partial charge in [-0.2, -0.15) is 10.1 Å². The Bertz CT molecular complexity index is 1690. The van der Waals surface area contributed by atoms with Crippen LogP contribution in [0.4, 0.5) is 17.2 Å². The van der Waals surface area contributed by atoms with Crippen molar-refractivity contribution in [2.75, 3.05) is 9.80 Å². The zero-order chi connectivity index (χ0) is 25.8. The average molecular weight is 536 g/mol. The van der Waals surface area contributed by atoms with Crippen molar-refractivity contribution in [3.05, 3.63) is 136 Å². The van der Waals surface area contributed by atoms with Crippen molar-refractivity contribution in [3.63, 3.8) is 0 Å². The van der Waals surface area contributed by atoms with Crippen LogP contribution in [0, 0.1) is 6.92 Å². The summed E-state index contributed by atoms with van der Waals surface area (Å²) in [6.45, 7) is 2.72. The van der Waals surface area contributed by atoms with E-state index >= 15 is 0 Å². The van der Waals surface area contributed by atoms with Crippen LogP contribution in [0.1, 0.15) is 28.4 Å². The van der Waals surface area contributed by atoms with Crippen LogP contribution in [0.5, 0.6) is 0 Å². The Morgan fingerprint density at radius 1 is 0.789 bits per heavy atom. The molecule has 2 aliphatic heterocycles. The van der Waals surface area contributed by atoms with Gasteiger partial charge in [-0.05, 0) is 54.4 Å². The molecule has 0 saturated carbocycles. The molecule has 38 heavy (non-hydrogen) atoms. The molecule has 186 valence electrons. The van der Waals surface area contributed by atoms with Gasteiger partial charge in [0.15, 0.2) is 5.82 Å². The Balaban J connectivity index is 1.50. The van der Waals surface area contributed by atoms with E-state index < -0.39 is 0 Å². The van der Waals surface area contributed by atoms with E-state index in [1.165, 1.54) is 5.56 Å². The summed E-state index contributed by atoms with van der Waals surface area (Å²) in [5, 5.41) is 6.19. The van der Waals surface area contributed by atoms with Crippen LogP contribution in [-0.2, 0) is 6.54 Å². The molecule has 0 saturated heterocycles. The number of benzene rings is 4. The highest BCUT2D eigenvalue weighted by Gasteiger charge is 2.45. The number of hydrogen-bond donors (Lipinski definition) is 0. The largest absolute Gasteiger partial charge is 0.305 e. The minimum Gasteiger partial charge on any atom is -0.305 e. The zero-order valence-electron chi connectivity index (χ0n) is 20.6. The van der Waals surface area contributed by atoms with Gasteiger partial charge in [-0.25, -0.2) is 4.68 Å². The molecule has 0 aliphatic carbocycles. The average Bonchev–Trinajstić information content (AvgIpc) is 3.44. The Hall–Kier alpha value is -4.06. The third kappa shape index (κ3) is 3.62. The van der Waals surface area contributed by atoms with E-state index in [-0.39, 0.29) is 6.04 Å². The number of anilines is 2. The van der Waals surface area contributed by atoms with Crippen LogP contribution in [0.15, 0.2) is 108 Å². The highest BCUT2D eigenvalue weighted by atomic mass is 35.5. The molecule has 5 aromatic rings. The highest BCUT2D eigenvalue weighted by Crippen LogP contribution is 2.52. The Kier molecular flexibility index (Phi) is 5.50. The maximum Gasteiger partial charge on any atom is 0.213 e. The van der Waals surface area contributed by atoms with Gasteiger partial charge in [-0.3, -0.25) is 4.90 Å². The van der Waals surface area contributed by atoms with Gasteiger partial charge in [0.2, 0.25) is 5.96 Å². The standard InChI is InChI=1S/C31H23Cl2N5/c1-20-28-29(24-17-16-22(32)18-25(24)33)37-27-15-9-8-14-26(27)36(19-21-10-4-2-5-11-21)31(37)34-30(28)38(35-20)23-12-6-3-7-13-23/h2-18,29H,19H2,1H3/t29-/m1/s1. The van der Waals surface area contributed by atoms with Crippen LogP contribution >= 0.6 is 23.2 Å². The quantitative estimate of drug-likeness (QED) is 0.233. The Morgan fingerprint density at radius 2 is 1.47 bits per heavy atom. The van der Waals surface area contributed by atoms with Crippen LogP contribution in [-0.4, -0.2) is 15.7 Å².